The molecule has 0 saturated heterocycles. The maximum atomic E-state index is 11.6. The van der Waals surface area contributed by atoms with Crippen LogP contribution >= 0.6 is 15.9 Å². The summed E-state index contributed by atoms with van der Waals surface area (Å²) in [7, 11) is 3.43. The molecule has 3 N–H and O–H groups in total. The van der Waals surface area contributed by atoms with E-state index >= 15 is 0 Å². The topological polar surface area (TPSA) is 71.2 Å². The van der Waals surface area contributed by atoms with Gasteiger partial charge in [0, 0.05) is 24.0 Å². The predicted molar refractivity (Wildman–Crippen MR) is 81.0 cm³/mol. The summed E-state index contributed by atoms with van der Waals surface area (Å²) >= 11 is 3.42. The number of nitrogen functional groups attached to an aromatic ring is 1. The lowest BCUT2D eigenvalue weighted by Gasteiger charge is -2.14. The van der Waals surface area contributed by atoms with Crippen molar-refractivity contribution in [2.24, 2.45) is 0 Å². The summed E-state index contributed by atoms with van der Waals surface area (Å²) in [6, 6.07) is 5.75. The number of amides is 1. The average Bonchev–Trinajstić information content (AvgIpc) is 2.37. The molecule has 2 rings (SSSR count). The number of halogens is 1. The molecule has 100 valence electrons. The van der Waals surface area contributed by atoms with E-state index in [2.05, 4.69) is 26.2 Å². The molecule has 0 unspecified atom stereocenters. The molecule has 1 aromatic heterocycles. The maximum absolute atomic E-state index is 11.6. The Labute approximate surface area is 119 Å². The molecule has 0 saturated carbocycles. The van der Waals surface area contributed by atoms with Crippen LogP contribution in [0.5, 0.6) is 0 Å². The molecule has 0 bridgehead atoms. The number of carbonyl (C=O) groups is 1. The molecule has 0 aliphatic rings. The Morgan fingerprint density at radius 2 is 2.21 bits per heavy atom. The number of nitrogens with zero attached hydrogens (tertiary/aromatic N) is 2. The van der Waals surface area contributed by atoms with Gasteiger partial charge < -0.3 is 16.0 Å². The third kappa shape index (κ3) is 2.96. The van der Waals surface area contributed by atoms with Crippen molar-refractivity contribution in [1.29, 1.82) is 0 Å². The Kier molecular flexibility index (Phi) is 3.90. The van der Waals surface area contributed by atoms with Crippen LogP contribution in [0.1, 0.15) is 0 Å². The van der Waals surface area contributed by atoms with Crippen LogP contribution in [0.4, 0.5) is 11.4 Å². The number of likely N-dealkylation sites (N-methyl/N-ethyl adjacent to an activating group) is 1. The Balaban J connectivity index is 2.38. The van der Waals surface area contributed by atoms with E-state index in [0.717, 1.165) is 21.1 Å². The van der Waals surface area contributed by atoms with Gasteiger partial charge >= 0.3 is 0 Å². The smallest absolute Gasteiger partial charge is 0.241 e. The summed E-state index contributed by atoms with van der Waals surface area (Å²) in [6.07, 6.45) is 1.60. The van der Waals surface area contributed by atoms with Gasteiger partial charge in [0.1, 0.15) is 0 Å². The number of benzene rings is 1. The third-order valence-electron chi connectivity index (χ3n) is 2.77. The molecule has 1 aromatic carbocycles. The first kappa shape index (κ1) is 13.6. The molecule has 0 radical (unpaired) electrons. The number of hydrogen-bond donors (Lipinski definition) is 2. The van der Waals surface area contributed by atoms with E-state index in [-0.39, 0.29) is 12.5 Å². The number of anilines is 2. The second kappa shape index (κ2) is 5.44. The van der Waals surface area contributed by atoms with E-state index in [4.69, 9.17) is 5.73 Å². The van der Waals surface area contributed by atoms with Gasteiger partial charge in [0.25, 0.3) is 0 Å². The molecular weight excluding hydrogens is 308 g/mol. The van der Waals surface area contributed by atoms with Gasteiger partial charge in [-0.1, -0.05) is 15.9 Å². The highest BCUT2D eigenvalue weighted by Crippen LogP contribution is 2.29. The average molecular weight is 323 g/mol. The van der Waals surface area contributed by atoms with Crippen LogP contribution < -0.4 is 11.1 Å². The maximum Gasteiger partial charge on any atom is 0.241 e. The van der Waals surface area contributed by atoms with Crippen LogP contribution in [-0.4, -0.2) is 36.4 Å². The zero-order valence-electron chi connectivity index (χ0n) is 10.8. The summed E-state index contributed by atoms with van der Waals surface area (Å²) in [5, 5.41) is 3.98. The first-order chi connectivity index (χ1) is 8.99. The van der Waals surface area contributed by atoms with Crippen molar-refractivity contribution < 1.29 is 4.79 Å². The van der Waals surface area contributed by atoms with E-state index < -0.39 is 0 Å². The second-order valence-electron chi connectivity index (χ2n) is 4.39. The Morgan fingerprint density at radius 3 is 2.89 bits per heavy atom. The van der Waals surface area contributed by atoms with Crippen LogP contribution in [0.15, 0.2) is 28.9 Å². The molecule has 1 amide bonds. The predicted octanol–water partition coefficient (Wildman–Crippen LogP) is 2.08. The Morgan fingerprint density at radius 1 is 1.47 bits per heavy atom. The first-order valence-corrected chi connectivity index (χ1v) is 6.56. The van der Waals surface area contributed by atoms with Crippen molar-refractivity contribution in [1.82, 2.24) is 9.88 Å². The molecule has 1 heterocycles. The van der Waals surface area contributed by atoms with E-state index in [1.807, 2.05) is 18.2 Å². The zero-order chi connectivity index (χ0) is 14.0. The van der Waals surface area contributed by atoms with Crippen molar-refractivity contribution in [2.75, 3.05) is 31.7 Å². The minimum atomic E-state index is -0.0145. The number of rotatable bonds is 3. The van der Waals surface area contributed by atoms with Gasteiger partial charge in [-0.05, 0) is 18.2 Å². The van der Waals surface area contributed by atoms with Crippen molar-refractivity contribution >= 4 is 44.1 Å². The van der Waals surface area contributed by atoms with Crippen molar-refractivity contribution in [3.63, 3.8) is 0 Å². The molecule has 0 aliphatic carbocycles. The summed E-state index contributed by atoms with van der Waals surface area (Å²) in [6.45, 7) is 0.197. The summed E-state index contributed by atoms with van der Waals surface area (Å²) in [5.41, 5.74) is 8.03. The highest BCUT2D eigenvalue weighted by Gasteiger charge is 2.09. The van der Waals surface area contributed by atoms with E-state index in [1.54, 1.807) is 20.3 Å². The van der Waals surface area contributed by atoms with Gasteiger partial charge in [-0.15, -0.1) is 0 Å². The summed E-state index contributed by atoms with van der Waals surface area (Å²) in [4.78, 5) is 17.4. The molecule has 0 atom stereocenters. The van der Waals surface area contributed by atoms with E-state index in [1.165, 1.54) is 4.90 Å². The fourth-order valence-electron chi connectivity index (χ4n) is 1.70. The van der Waals surface area contributed by atoms with Crippen LogP contribution in [0, 0.1) is 0 Å². The van der Waals surface area contributed by atoms with Crippen LogP contribution in [0.3, 0.4) is 0 Å². The number of nitrogens with one attached hydrogen (secondary N) is 1. The van der Waals surface area contributed by atoms with Crippen LogP contribution in [0.25, 0.3) is 10.9 Å². The van der Waals surface area contributed by atoms with Crippen molar-refractivity contribution in [3.05, 3.63) is 28.9 Å². The lowest BCUT2D eigenvalue weighted by Crippen LogP contribution is -2.28. The minimum absolute atomic E-state index is 0.0145. The number of hydrogen-bond acceptors (Lipinski definition) is 4. The number of nitrogens with two attached hydrogens (primary N) is 1. The fourth-order valence-corrected chi connectivity index (χ4v) is 2.06. The van der Waals surface area contributed by atoms with Crippen LogP contribution in [0.2, 0.25) is 0 Å². The largest absolute Gasteiger partial charge is 0.396 e. The Hall–Kier alpha value is -1.82. The number of pyridine rings is 1. The molecule has 19 heavy (non-hydrogen) atoms. The van der Waals surface area contributed by atoms with Gasteiger partial charge in [0.15, 0.2) is 0 Å². The summed E-state index contributed by atoms with van der Waals surface area (Å²) < 4.78 is 0.939. The molecule has 0 fully saturated rings. The molecule has 2 aromatic rings. The molecule has 6 heteroatoms. The zero-order valence-corrected chi connectivity index (χ0v) is 12.4. The lowest BCUT2D eigenvalue weighted by atomic mass is 10.1. The Bertz CT molecular complexity index is 622. The van der Waals surface area contributed by atoms with Gasteiger partial charge in [-0.3, -0.25) is 9.78 Å². The number of fused-ring (bicyclic) bond motifs is 1. The minimum Gasteiger partial charge on any atom is -0.396 e. The van der Waals surface area contributed by atoms with Gasteiger partial charge in [-0.2, -0.15) is 0 Å². The SMILES string of the molecule is CN(C)C(=O)CNc1c(N)cnc2ccc(Br)cc12. The lowest BCUT2D eigenvalue weighted by molar-refractivity contribution is -0.126. The molecule has 5 nitrogen and oxygen atoms in total. The number of carbonyl (C=O) groups excluding carboxylic acids is 1. The number of aromatic nitrogens is 1. The highest BCUT2D eigenvalue weighted by atomic mass is 79.9. The van der Waals surface area contributed by atoms with Crippen molar-refractivity contribution in [3.8, 4) is 0 Å². The van der Waals surface area contributed by atoms with Gasteiger partial charge in [-0.25, -0.2) is 0 Å². The fraction of sp³-hybridized carbons (Fsp3) is 0.231. The molecule has 0 spiro atoms. The monoisotopic (exact) mass is 322 g/mol. The molecule has 0 aliphatic heterocycles. The summed E-state index contributed by atoms with van der Waals surface area (Å²) in [5.74, 6) is -0.0145. The normalized spacial score (nSPS) is 10.5. The standard InChI is InChI=1S/C13H15BrN4O/c1-18(2)12(19)7-17-13-9-5-8(14)3-4-11(9)16-6-10(13)15/h3-6H,7,15H2,1-2H3,(H,16,17). The van der Waals surface area contributed by atoms with E-state index in [9.17, 15) is 4.79 Å². The van der Waals surface area contributed by atoms with Gasteiger partial charge in [0.05, 0.1) is 29.6 Å². The van der Waals surface area contributed by atoms with E-state index in [0.29, 0.717) is 5.69 Å². The highest BCUT2D eigenvalue weighted by molar-refractivity contribution is 9.10. The van der Waals surface area contributed by atoms with Gasteiger partial charge in [0.2, 0.25) is 5.91 Å². The first-order valence-electron chi connectivity index (χ1n) is 5.77. The van der Waals surface area contributed by atoms with Crippen LogP contribution in [-0.2, 0) is 4.79 Å². The second-order valence-corrected chi connectivity index (χ2v) is 5.31. The third-order valence-corrected chi connectivity index (χ3v) is 3.27. The molecular formula is C13H15BrN4O. The van der Waals surface area contributed by atoms with Crippen molar-refractivity contribution in [2.45, 2.75) is 0 Å². The quantitative estimate of drug-likeness (QED) is 0.907.